The smallest absolute Gasteiger partial charge is 0.199 e. The molecule has 126 valence electrons. The minimum atomic E-state index is -1.06. The Labute approximate surface area is 146 Å². The molecule has 4 rings (SSSR count). The molecule has 2 aromatic heterocycles. The lowest BCUT2D eigenvalue weighted by molar-refractivity contribution is 0.143. The van der Waals surface area contributed by atoms with Gasteiger partial charge < -0.3 is 9.52 Å². The Bertz CT molecular complexity index is 948. The zero-order chi connectivity index (χ0) is 17.4. The minimum Gasteiger partial charge on any atom is -0.444 e. The number of nitrogens with zero attached hydrogens (tertiary/aromatic N) is 3. The number of aliphatic hydroxyl groups is 1. The third-order valence-electron chi connectivity index (χ3n) is 3.88. The molecule has 0 unspecified atom stereocenters. The number of para-hydroxylation sites is 1. The molecule has 0 atom stereocenters. The molecule has 0 aliphatic heterocycles. The quantitative estimate of drug-likeness (QED) is 0.745. The molecule has 0 bridgehead atoms. The number of aromatic nitrogens is 3. The van der Waals surface area contributed by atoms with Gasteiger partial charge in [0.15, 0.2) is 23.2 Å². The van der Waals surface area contributed by atoms with Gasteiger partial charge >= 0.3 is 0 Å². The summed E-state index contributed by atoms with van der Waals surface area (Å²) in [4.78, 5) is 4.70. The van der Waals surface area contributed by atoms with Gasteiger partial charge in [-0.1, -0.05) is 24.1 Å². The molecule has 1 aromatic carbocycles. The van der Waals surface area contributed by atoms with Crippen LogP contribution in [0.25, 0.3) is 17.3 Å². The Hall–Kier alpha value is -2.84. The molecular weight excluding hydrogens is 314 g/mol. The summed E-state index contributed by atoms with van der Waals surface area (Å²) in [5.74, 6) is 8.69. The van der Waals surface area contributed by atoms with Crippen LogP contribution in [-0.2, 0) is 0 Å². The molecule has 1 fully saturated rings. The summed E-state index contributed by atoms with van der Waals surface area (Å²) in [6, 6.07) is 13.5. The largest absolute Gasteiger partial charge is 0.444 e. The van der Waals surface area contributed by atoms with Crippen molar-refractivity contribution in [1.29, 1.82) is 0 Å². The van der Waals surface area contributed by atoms with Crippen molar-refractivity contribution in [1.82, 2.24) is 14.8 Å². The highest BCUT2D eigenvalue weighted by Crippen LogP contribution is 2.39. The SMILES string of the molecule is CC(C)(O)C#Cc1ccc(-c2nc(C3CC3)nn2-c2ccccc2)o1. The van der Waals surface area contributed by atoms with Gasteiger partial charge in [-0.3, -0.25) is 0 Å². The Morgan fingerprint density at radius 3 is 2.60 bits per heavy atom. The van der Waals surface area contributed by atoms with Crippen molar-refractivity contribution < 1.29 is 9.52 Å². The van der Waals surface area contributed by atoms with Gasteiger partial charge in [-0.05, 0) is 56.9 Å². The first-order valence-corrected chi connectivity index (χ1v) is 8.38. The van der Waals surface area contributed by atoms with Crippen molar-refractivity contribution in [2.24, 2.45) is 0 Å². The van der Waals surface area contributed by atoms with Crippen LogP contribution in [0.2, 0.25) is 0 Å². The van der Waals surface area contributed by atoms with Crippen LogP contribution in [0.3, 0.4) is 0 Å². The van der Waals surface area contributed by atoms with E-state index >= 15 is 0 Å². The van der Waals surface area contributed by atoms with E-state index in [2.05, 4.69) is 16.9 Å². The van der Waals surface area contributed by atoms with Gasteiger partial charge in [-0.25, -0.2) is 9.67 Å². The molecule has 25 heavy (non-hydrogen) atoms. The standard InChI is InChI=1S/C20H19N3O2/c1-20(2,24)13-12-16-10-11-17(25-16)19-21-18(14-8-9-14)22-23(19)15-6-4-3-5-7-15/h3-7,10-11,14,24H,8-9H2,1-2H3. The van der Waals surface area contributed by atoms with Crippen molar-refractivity contribution >= 4 is 0 Å². The molecular formula is C20H19N3O2. The highest BCUT2D eigenvalue weighted by Gasteiger charge is 2.30. The molecule has 0 saturated heterocycles. The lowest BCUT2D eigenvalue weighted by atomic mass is 10.1. The Kier molecular flexibility index (Phi) is 3.70. The summed E-state index contributed by atoms with van der Waals surface area (Å²) in [7, 11) is 0. The Morgan fingerprint density at radius 2 is 1.92 bits per heavy atom. The van der Waals surface area contributed by atoms with Gasteiger partial charge in [-0.15, -0.1) is 0 Å². The van der Waals surface area contributed by atoms with Gasteiger partial charge in [0, 0.05) is 5.92 Å². The van der Waals surface area contributed by atoms with Crippen LogP contribution < -0.4 is 0 Å². The second kappa shape index (κ2) is 5.91. The van der Waals surface area contributed by atoms with Gasteiger partial charge in [0.2, 0.25) is 0 Å². The number of rotatable bonds is 3. The van der Waals surface area contributed by atoms with E-state index in [0.29, 0.717) is 23.3 Å². The van der Waals surface area contributed by atoms with Crippen molar-refractivity contribution in [3.05, 3.63) is 54.0 Å². The molecule has 5 heteroatoms. The predicted octanol–water partition coefficient (Wildman–Crippen LogP) is 3.53. The normalized spacial score (nSPS) is 14.2. The van der Waals surface area contributed by atoms with Crippen LogP contribution >= 0.6 is 0 Å². The topological polar surface area (TPSA) is 64.1 Å². The fraction of sp³-hybridized carbons (Fsp3) is 0.300. The van der Waals surface area contributed by atoms with Crippen molar-refractivity contribution in [3.8, 4) is 29.1 Å². The van der Waals surface area contributed by atoms with E-state index in [9.17, 15) is 5.11 Å². The predicted molar refractivity (Wildman–Crippen MR) is 94.2 cm³/mol. The van der Waals surface area contributed by atoms with Crippen LogP contribution in [0.4, 0.5) is 0 Å². The molecule has 1 saturated carbocycles. The van der Waals surface area contributed by atoms with Crippen LogP contribution in [0, 0.1) is 11.8 Å². The van der Waals surface area contributed by atoms with Gasteiger partial charge in [0.25, 0.3) is 0 Å². The first-order chi connectivity index (χ1) is 12.0. The van der Waals surface area contributed by atoms with Crippen molar-refractivity contribution in [3.63, 3.8) is 0 Å². The number of furan rings is 1. The van der Waals surface area contributed by atoms with E-state index in [1.54, 1.807) is 19.9 Å². The maximum atomic E-state index is 9.73. The lowest BCUT2D eigenvalue weighted by Crippen LogP contribution is -2.14. The molecule has 0 amide bonds. The number of benzene rings is 1. The minimum absolute atomic E-state index is 0.452. The average molecular weight is 333 g/mol. The summed E-state index contributed by atoms with van der Waals surface area (Å²) < 4.78 is 7.65. The van der Waals surface area contributed by atoms with Crippen molar-refractivity contribution in [2.45, 2.75) is 38.2 Å². The van der Waals surface area contributed by atoms with Crippen LogP contribution in [-0.4, -0.2) is 25.5 Å². The fourth-order valence-corrected chi connectivity index (χ4v) is 2.49. The Morgan fingerprint density at radius 1 is 1.16 bits per heavy atom. The molecule has 0 spiro atoms. The van der Waals surface area contributed by atoms with Crippen LogP contribution in [0.5, 0.6) is 0 Å². The zero-order valence-corrected chi connectivity index (χ0v) is 14.2. The summed E-state index contributed by atoms with van der Waals surface area (Å²) in [5.41, 5.74) is -0.117. The maximum absolute atomic E-state index is 9.73. The Balaban J connectivity index is 1.75. The lowest BCUT2D eigenvalue weighted by Gasteiger charge is -2.05. The van der Waals surface area contributed by atoms with E-state index < -0.39 is 5.60 Å². The highest BCUT2D eigenvalue weighted by molar-refractivity contribution is 5.53. The average Bonchev–Trinajstić information content (AvgIpc) is 3.17. The second-order valence-corrected chi connectivity index (χ2v) is 6.79. The van der Waals surface area contributed by atoms with E-state index in [0.717, 1.165) is 24.4 Å². The summed E-state index contributed by atoms with van der Waals surface area (Å²) in [6.45, 7) is 3.27. The van der Waals surface area contributed by atoms with E-state index in [4.69, 9.17) is 9.40 Å². The molecule has 2 heterocycles. The van der Waals surface area contributed by atoms with Crippen molar-refractivity contribution in [2.75, 3.05) is 0 Å². The third-order valence-corrected chi connectivity index (χ3v) is 3.88. The first-order valence-electron chi connectivity index (χ1n) is 8.38. The van der Waals surface area contributed by atoms with Gasteiger partial charge in [0.1, 0.15) is 5.60 Å². The van der Waals surface area contributed by atoms with Crippen LogP contribution in [0.15, 0.2) is 46.9 Å². The summed E-state index contributed by atoms with van der Waals surface area (Å²) in [5, 5.41) is 14.4. The molecule has 3 aromatic rings. The maximum Gasteiger partial charge on any atom is 0.199 e. The highest BCUT2D eigenvalue weighted by atomic mass is 16.3. The first kappa shape index (κ1) is 15.7. The molecule has 5 nitrogen and oxygen atoms in total. The van der Waals surface area contributed by atoms with Gasteiger partial charge in [0.05, 0.1) is 5.69 Å². The van der Waals surface area contributed by atoms with Crippen LogP contribution in [0.1, 0.15) is 44.2 Å². The zero-order valence-electron chi connectivity index (χ0n) is 14.2. The fourth-order valence-electron chi connectivity index (χ4n) is 2.49. The molecule has 0 radical (unpaired) electrons. The van der Waals surface area contributed by atoms with E-state index in [-0.39, 0.29) is 0 Å². The molecule has 1 aliphatic carbocycles. The van der Waals surface area contributed by atoms with Gasteiger partial charge in [-0.2, -0.15) is 5.10 Å². The third kappa shape index (κ3) is 3.49. The van der Waals surface area contributed by atoms with E-state index in [1.165, 1.54) is 0 Å². The summed E-state index contributed by atoms with van der Waals surface area (Å²) >= 11 is 0. The second-order valence-electron chi connectivity index (χ2n) is 6.79. The monoisotopic (exact) mass is 333 g/mol. The number of hydrogen-bond acceptors (Lipinski definition) is 4. The molecule has 1 aliphatic rings. The van der Waals surface area contributed by atoms with E-state index in [1.807, 2.05) is 41.1 Å². The molecule has 1 N–H and O–H groups in total. The number of hydrogen-bond donors (Lipinski definition) is 1. The summed E-state index contributed by atoms with van der Waals surface area (Å²) in [6.07, 6.45) is 2.28.